The molecule has 0 N–H and O–H groups in total. The van der Waals surface area contributed by atoms with Crippen LogP contribution in [-0.2, 0) is 0 Å². The molecule has 0 fully saturated rings. The van der Waals surface area contributed by atoms with Crippen LogP contribution in [0.1, 0.15) is 11.1 Å². The van der Waals surface area contributed by atoms with Gasteiger partial charge in [0.1, 0.15) is 11.8 Å². The Labute approximate surface area is 142 Å². The van der Waals surface area contributed by atoms with Gasteiger partial charge < -0.3 is 4.90 Å². The van der Waals surface area contributed by atoms with Crippen LogP contribution in [0.25, 0.3) is 11.1 Å². The highest BCUT2D eigenvalue weighted by atomic mass is 15.2. The molecule has 0 spiro atoms. The third-order valence-corrected chi connectivity index (χ3v) is 4.32. The molecule has 0 unspecified atom stereocenters. The van der Waals surface area contributed by atoms with E-state index in [2.05, 4.69) is 53.5 Å². The Bertz CT molecular complexity index is 923. The lowest BCUT2D eigenvalue weighted by molar-refractivity contribution is 0.500. The van der Waals surface area contributed by atoms with Gasteiger partial charge in [0.25, 0.3) is 0 Å². The van der Waals surface area contributed by atoms with Crippen LogP contribution in [0.15, 0.2) is 96.4 Å². The fraction of sp³-hybridized carbons (Fsp3) is 0.0455. The molecule has 24 heavy (non-hydrogen) atoms. The van der Waals surface area contributed by atoms with E-state index in [0.717, 1.165) is 34.5 Å². The van der Waals surface area contributed by atoms with Crippen LogP contribution in [0.2, 0.25) is 0 Å². The van der Waals surface area contributed by atoms with Crippen LogP contribution in [0.4, 0.5) is 0 Å². The quantitative estimate of drug-likeness (QED) is 0.798. The van der Waals surface area contributed by atoms with E-state index in [4.69, 9.17) is 0 Å². The van der Waals surface area contributed by atoms with Crippen molar-refractivity contribution in [3.05, 3.63) is 107 Å². The standard InChI is InChI=1S/C22H16N2/c23-16-21-22(18-11-5-2-6-12-18)20(17-9-3-1-4-10-17)15-19-13-7-8-14-24(19)21/h1-13,15H,14H2. The maximum absolute atomic E-state index is 9.90. The lowest BCUT2D eigenvalue weighted by atomic mass is 9.87. The van der Waals surface area contributed by atoms with Crippen molar-refractivity contribution in [3.63, 3.8) is 0 Å². The second-order valence-corrected chi connectivity index (χ2v) is 5.76. The minimum atomic E-state index is 0.707. The number of allylic oxidation sites excluding steroid dienone is 6. The zero-order valence-electron chi connectivity index (χ0n) is 13.2. The molecule has 0 saturated heterocycles. The summed E-state index contributed by atoms with van der Waals surface area (Å²) in [6.07, 6.45) is 8.37. The van der Waals surface area contributed by atoms with Crippen LogP contribution in [0.5, 0.6) is 0 Å². The van der Waals surface area contributed by atoms with E-state index in [9.17, 15) is 5.26 Å². The van der Waals surface area contributed by atoms with Crippen LogP contribution in [-0.4, -0.2) is 11.4 Å². The molecule has 4 rings (SSSR count). The minimum Gasteiger partial charge on any atom is -0.328 e. The summed E-state index contributed by atoms with van der Waals surface area (Å²) in [5, 5.41) is 9.90. The number of nitrogens with zero attached hydrogens (tertiary/aromatic N) is 2. The Morgan fingerprint density at radius 3 is 2.21 bits per heavy atom. The number of hydrogen-bond acceptors (Lipinski definition) is 2. The van der Waals surface area contributed by atoms with E-state index in [1.807, 2.05) is 42.5 Å². The largest absolute Gasteiger partial charge is 0.328 e. The normalized spacial score (nSPS) is 16.2. The molecular formula is C22H16N2. The van der Waals surface area contributed by atoms with Gasteiger partial charge in [-0.3, -0.25) is 0 Å². The van der Waals surface area contributed by atoms with Gasteiger partial charge >= 0.3 is 0 Å². The minimum absolute atomic E-state index is 0.707. The Kier molecular flexibility index (Phi) is 3.61. The molecule has 0 atom stereocenters. The second-order valence-electron chi connectivity index (χ2n) is 5.76. The van der Waals surface area contributed by atoms with Gasteiger partial charge in [-0.25, -0.2) is 0 Å². The first kappa shape index (κ1) is 14.3. The van der Waals surface area contributed by atoms with Crippen molar-refractivity contribution in [2.45, 2.75) is 0 Å². The summed E-state index contributed by atoms with van der Waals surface area (Å²) in [5.74, 6) is 0. The van der Waals surface area contributed by atoms with Crippen molar-refractivity contribution in [3.8, 4) is 6.07 Å². The molecule has 2 heterocycles. The first-order valence-electron chi connectivity index (χ1n) is 8.00. The lowest BCUT2D eigenvalue weighted by Gasteiger charge is -2.33. The fourth-order valence-corrected chi connectivity index (χ4v) is 3.22. The summed E-state index contributed by atoms with van der Waals surface area (Å²) >= 11 is 0. The van der Waals surface area contributed by atoms with Gasteiger partial charge in [-0.05, 0) is 28.9 Å². The molecule has 114 valence electrons. The molecule has 2 nitrogen and oxygen atoms in total. The summed E-state index contributed by atoms with van der Waals surface area (Å²) < 4.78 is 0. The predicted octanol–water partition coefficient (Wildman–Crippen LogP) is 4.77. The predicted molar refractivity (Wildman–Crippen MR) is 97.3 cm³/mol. The molecule has 2 aliphatic rings. The van der Waals surface area contributed by atoms with E-state index < -0.39 is 0 Å². The van der Waals surface area contributed by atoms with Gasteiger partial charge in [-0.15, -0.1) is 0 Å². The van der Waals surface area contributed by atoms with Crippen LogP contribution < -0.4 is 0 Å². The number of fused-ring (bicyclic) bond motifs is 1. The van der Waals surface area contributed by atoms with Crippen molar-refractivity contribution in [2.75, 3.05) is 6.54 Å². The van der Waals surface area contributed by atoms with Gasteiger partial charge in [0.2, 0.25) is 0 Å². The van der Waals surface area contributed by atoms with E-state index >= 15 is 0 Å². The van der Waals surface area contributed by atoms with Crippen molar-refractivity contribution in [1.29, 1.82) is 5.26 Å². The van der Waals surface area contributed by atoms with E-state index in [0.29, 0.717) is 5.70 Å². The Hall–Kier alpha value is -3.31. The van der Waals surface area contributed by atoms with Crippen molar-refractivity contribution >= 4 is 11.1 Å². The maximum Gasteiger partial charge on any atom is 0.129 e. The summed E-state index contributed by atoms with van der Waals surface area (Å²) in [6, 6.07) is 22.9. The highest BCUT2D eigenvalue weighted by molar-refractivity contribution is 6.08. The molecule has 2 aromatic carbocycles. The number of hydrogen-bond donors (Lipinski definition) is 0. The maximum atomic E-state index is 9.90. The molecule has 0 radical (unpaired) electrons. The van der Waals surface area contributed by atoms with Crippen molar-refractivity contribution < 1.29 is 0 Å². The van der Waals surface area contributed by atoms with Gasteiger partial charge in [0, 0.05) is 17.8 Å². The second kappa shape index (κ2) is 6.06. The fourth-order valence-electron chi connectivity index (χ4n) is 3.22. The molecule has 0 aliphatic carbocycles. The van der Waals surface area contributed by atoms with Gasteiger partial charge in [-0.2, -0.15) is 5.26 Å². The summed E-state index contributed by atoms with van der Waals surface area (Å²) in [4.78, 5) is 2.08. The Morgan fingerprint density at radius 2 is 1.54 bits per heavy atom. The van der Waals surface area contributed by atoms with Gasteiger partial charge in [-0.1, -0.05) is 72.8 Å². The molecule has 0 bridgehead atoms. The SMILES string of the molecule is N#CC1=C(c2ccccc2)C(c2ccccc2)=CC2=CC=CCN21. The first-order valence-corrected chi connectivity index (χ1v) is 8.00. The van der Waals surface area contributed by atoms with E-state index in [-0.39, 0.29) is 0 Å². The van der Waals surface area contributed by atoms with Crippen LogP contribution >= 0.6 is 0 Å². The van der Waals surface area contributed by atoms with E-state index in [1.165, 1.54) is 0 Å². The zero-order chi connectivity index (χ0) is 16.4. The van der Waals surface area contributed by atoms with Gasteiger partial charge in [0.15, 0.2) is 0 Å². The Morgan fingerprint density at radius 1 is 0.875 bits per heavy atom. The molecule has 0 aromatic heterocycles. The third-order valence-electron chi connectivity index (χ3n) is 4.32. The van der Waals surface area contributed by atoms with Crippen molar-refractivity contribution in [1.82, 2.24) is 4.90 Å². The van der Waals surface area contributed by atoms with E-state index in [1.54, 1.807) is 0 Å². The average Bonchev–Trinajstić information content (AvgIpc) is 2.67. The zero-order valence-corrected chi connectivity index (χ0v) is 13.2. The monoisotopic (exact) mass is 308 g/mol. The number of rotatable bonds is 2. The summed E-state index contributed by atoms with van der Waals surface area (Å²) in [7, 11) is 0. The van der Waals surface area contributed by atoms with Crippen LogP contribution in [0, 0.1) is 11.3 Å². The lowest BCUT2D eigenvalue weighted by Crippen LogP contribution is -2.27. The first-order chi connectivity index (χ1) is 11.9. The smallest absolute Gasteiger partial charge is 0.129 e. The Balaban J connectivity index is 1.99. The molecule has 2 aromatic rings. The number of nitriles is 1. The highest BCUT2D eigenvalue weighted by Gasteiger charge is 2.27. The average molecular weight is 308 g/mol. The van der Waals surface area contributed by atoms with Crippen LogP contribution in [0.3, 0.4) is 0 Å². The molecular weight excluding hydrogens is 292 g/mol. The molecule has 0 saturated carbocycles. The molecule has 0 amide bonds. The topological polar surface area (TPSA) is 27.0 Å². The molecule has 2 aliphatic heterocycles. The highest BCUT2D eigenvalue weighted by Crippen LogP contribution is 2.41. The third kappa shape index (κ3) is 2.37. The van der Waals surface area contributed by atoms with Gasteiger partial charge in [0.05, 0.1) is 0 Å². The van der Waals surface area contributed by atoms with Crippen molar-refractivity contribution in [2.24, 2.45) is 0 Å². The summed E-state index contributed by atoms with van der Waals surface area (Å²) in [5.41, 5.74) is 6.05. The molecule has 2 heteroatoms. The number of benzene rings is 2. The summed E-state index contributed by atoms with van der Waals surface area (Å²) in [6.45, 7) is 0.726.